The van der Waals surface area contributed by atoms with Crippen LogP contribution in [0.25, 0.3) is 0 Å². The van der Waals surface area contributed by atoms with Gasteiger partial charge in [0.1, 0.15) is 0 Å². The van der Waals surface area contributed by atoms with Crippen LogP contribution in [0.5, 0.6) is 0 Å². The zero-order valence-electron chi connectivity index (χ0n) is 11.9. The highest BCUT2D eigenvalue weighted by atomic mass is 16.3. The third-order valence-electron chi connectivity index (χ3n) is 4.25. The third-order valence-corrected chi connectivity index (χ3v) is 4.25. The second-order valence-electron chi connectivity index (χ2n) is 5.64. The van der Waals surface area contributed by atoms with Crippen molar-refractivity contribution in [1.82, 2.24) is 10.3 Å². The van der Waals surface area contributed by atoms with Crippen molar-refractivity contribution >= 4 is 0 Å². The molecule has 0 saturated heterocycles. The molecule has 1 aromatic heterocycles. The SMILES string of the molecule is CCCCC1CCCC1NCC(O)c1ccncc1. The van der Waals surface area contributed by atoms with E-state index in [-0.39, 0.29) is 0 Å². The summed E-state index contributed by atoms with van der Waals surface area (Å²) in [4.78, 5) is 3.98. The number of rotatable bonds is 7. The molecule has 0 aromatic carbocycles. The van der Waals surface area contributed by atoms with Crippen LogP contribution >= 0.6 is 0 Å². The smallest absolute Gasteiger partial charge is 0.0915 e. The molecule has 2 rings (SSSR count). The highest BCUT2D eigenvalue weighted by molar-refractivity contribution is 5.13. The lowest BCUT2D eigenvalue weighted by Gasteiger charge is -2.22. The Morgan fingerprint density at radius 2 is 2.16 bits per heavy atom. The molecule has 1 heterocycles. The second kappa shape index (κ2) is 7.61. The first-order chi connectivity index (χ1) is 9.31. The molecular weight excluding hydrogens is 236 g/mol. The van der Waals surface area contributed by atoms with Gasteiger partial charge in [-0.3, -0.25) is 4.98 Å². The number of pyridine rings is 1. The van der Waals surface area contributed by atoms with E-state index in [1.165, 1.54) is 38.5 Å². The molecule has 19 heavy (non-hydrogen) atoms. The van der Waals surface area contributed by atoms with Crippen molar-refractivity contribution in [1.29, 1.82) is 0 Å². The molecule has 3 atom stereocenters. The molecule has 3 nitrogen and oxygen atoms in total. The van der Waals surface area contributed by atoms with Gasteiger partial charge in [-0.2, -0.15) is 0 Å². The molecule has 2 N–H and O–H groups in total. The molecule has 1 fully saturated rings. The molecule has 3 unspecified atom stereocenters. The fourth-order valence-electron chi connectivity index (χ4n) is 3.08. The Labute approximate surface area is 116 Å². The molecule has 0 amide bonds. The molecule has 1 aromatic rings. The quantitative estimate of drug-likeness (QED) is 0.794. The molecule has 1 saturated carbocycles. The fourth-order valence-corrected chi connectivity index (χ4v) is 3.08. The standard InChI is InChI=1S/C16H26N2O/c1-2-3-5-13-6-4-7-15(13)18-12-16(19)14-8-10-17-11-9-14/h8-11,13,15-16,18-19H,2-7,12H2,1H3. The number of nitrogens with zero attached hydrogens (tertiary/aromatic N) is 1. The lowest BCUT2D eigenvalue weighted by molar-refractivity contribution is 0.165. The average Bonchev–Trinajstić information content (AvgIpc) is 2.91. The number of aromatic nitrogens is 1. The van der Waals surface area contributed by atoms with Gasteiger partial charge in [-0.1, -0.05) is 26.2 Å². The van der Waals surface area contributed by atoms with Crippen LogP contribution in [-0.2, 0) is 0 Å². The largest absolute Gasteiger partial charge is 0.387 e. The number of aliphatic hydroxyl groups is 1. The highest BCUT2D eigenvalue weighted by Crippen LogP contribution is 2.30. The Bertz CT molecular complexity index is 355. The van der Waals surface area contributed by atoms with E-state index in [2.05, 4.69) is 17.2 Å². The number of nitrogens with one attached hydrogen (secondary N) is 1. The Hall–Kier alpha value is -0.930. The minimum Gasteiger partial charge on any atom is -0.387 e. The molecule has 1 aliphatic rings. The van der Waals surface area contributed by atoms with Crippen LogP contribution in [0.3, 0.4) is 0 Å². The number of unbranched alkanes of at least 4 members (excludes halogenated alkanes) is 1. The number of hydrogen-bond acceptors (Lipinski definition) is 3. The number of hydrogen-bond donors (Lipinski definition) is 2. The van der Waals surface area contributed by atoms with Crippen molar-refractivity contribution in [3.63, 3.8) is 0 Å². The van der Waals surface area contributed by atoms with Crippen molar-refractivity contribution in [2.24, 2.45) is 5.92 Å². The summed E-state index contributed by atoms with van der Waals surface area (Å²) in [6.07, 6.45) is 10.9. The van der Waals surface area contributed by atoms with Crippen molar-refractivity contribution in [3.05, 3.63) is 30.1 Å². The van der Waals surface area contributed by atoms with Crippen molar-refractivity contribution < 1.29 is 5.11 Å². The van der Waals surface area contributed by atoms with Crippen LogP contribution in [0.4, 0.5) is 0 Å². The van der Waals surface area contributed by atoms with E-state index in [1.807, 2.05) is 12.1 Å². The van der Waals surface area contributed by atoms with Crippen LogP contribution in [0.1, 0.15) is 57.1 Å². The Balaban J connectivity index is 1.78. The van der Waals surface area contributed by atoms with E-state index in [0.717, 1.165) is 11.5 Å². The van der Waals surface area contributed by atoms with Gasteiger partial charge in [-0.05, 0) is 42.9 Å². The van der Waals surface area contributed by atoms with Crippen molar-refractivity contribution in [2.75, 3.05) is 6.54 Å². The molecule has 0 bridgehead atoms. The maximum Gasteiger partial charge on any atom is 0.0915 e. The van der Waals surface area contributed by atoms with E-state index in [0.29, 0.717) is 12.6 Å². The first-order valence-electron chi connectivity index (χ1n) is 7.62. The summed E-state index contributed by atoms with van der Waals surface area (Å²) < 4.78 is 0. The summed E-state index contributed by atoms with van der Waals surface area (Å²) in [7, 11) is 0. The minimum absolute atomic E-state index is 0.421. The van der Waals surface area contributed by atoms with E-state index in [4.69, 9.17) is 0 Å². The van der Waals surface area contributed by atoms with Crippen molar-refractivity contribution in [2.45, 2.75) is 57.6 Å². The van der Waals surface area contributed by atoms with Crippen LogP contribution in [0, 0.1) is 5.92 Å². The Morgan fingerprint density at radius 1 is 1.37 bits per heavy atom. The van der Waals surface area contributed by atoms with E-state index in [1.54, 1.807) is 12.4 Å². The molecule has 3 heteroatoms. The molecule has 1 aliphatic carbocycles. The average molecular weight is 262 g/mol. The van der Waals surface area contributed by atoms with Gasteiger partial charge in [-0.15, -0.1) is 0 Å². The predicted molar refractivity (Wildman–Crippen MR) is 77.9 cm³/mol. The summed E-state index contributed by atoms with van der Waals surface area (Å²) in [6, 6.07) is 4.37. The summed E-state index contributed by atoms with van der Waals surface area (Å²) in [5.41, 5.74) is 0.950. The first kappa shape index (κ1) is 14.5. The van der Waals surface area contributed by atoms with Crippen molar-refractivity contribution in [3.8, 4) is 0 Å². The molecule has 106 valence electrons. The topological polar surface area (TPSA) is 45.1 Å². The third kappa shape index (κ3) is 4.29. The Kier molecular flexibility index (Phi) is 5.80. The highest BCUT2D eigenvalue weighted by Gasteiger charge is 2.26. The van der Waals surface area contributed by atoms with Crippen LogP contribution < -0.4 is 5.32 Å². The zero-order valence-corrected chi connectivity index (χ0v) is 11.9. The van der Waals surface area contributed by atoms with Gasteiger partial charge in [0.2, 0.25) is 0 Å². The van der Waals surface area contributed by atoms with Crippen LogP contribution in [-0.4, -0.2) is 22.7 Å². The second-order valence-corrected chi connectivity index (χ2v) is 5.64. The lowest BCUT2D eigenvalue weighted by atomic mass is 9.96. The molecule has 0 radical (unpaired) electrons. The summed E-state index contributed by atoms with van der Waals surface area (Å²) in [5.74, 6) is 0.810. The normalized spacial score (nSPS) is 24.5. The maximum atomic E-state index is 10.2. The number of aliphatic hydroxyl groups excluding tert-OH is 1. The van der Waals surface area contributed by atoms with Gasteiger partial charge in [-0.25, -0.2) is 0 Å². The monoisotopic (exact) mass is 262 g/mol. The Morgan fingerprint density at radius 3 is 2.89 bits per heavy atom. The summed E-state index contributed by atoms with van der Waals surface area (Å²) >= 11 is 0. The zero-order chi connectivity index (χ0) is 13.5. The molecular formula is C16H26N2O. The lowest BCUT2D eigenvalue weighted by Crippen LogP contribution is -2.35. The van der Waals surface area contributed by atoms with Gasteiger partial charge in [0.15, 0.2) is 0 Å². The summed E-state index contributed by atoms with van der Waals surface area (Å²) in [5, 5.41) is 13.7. The van der Waals surface area contributed by atoms with Crippen LogP contribution in [0.2, 0.25) is 0 Å². The van der Waals surface area contributed by atoms with E-state index < -0.39 is 6.10 Å². The minimum atomic E-state index is -0.421. The fraction of sp³-hybridized carbons (Fsp3) is 0.688. The van der Waals surface area contributed by atoms with Gasteiger partial charge in [0, 0.05) is 25.0 Å². The van der Waals surface area contributed by atoms with Crippen LogP contribution in [0.15, 0.2) is 24.5 Å². The predicted octanol–water partition coefficient (Wildman–Crippen LogP) is 3.06. The molecule has 0 spiro atoms. The van der Waals surface area contributed by atoms with E-state index >= 15 is 0 Å². The summed E-state index contributed by atoms with van der Waals surface area (Å²) in [6.45, 7) is 2.90. The van der Waals surface area contributed by atoms with Gasteiger partial charge < -0.3 is 10.4 Å². The van der Waals surface area contributed by atoms with Gasteiger partial charge in [0.05, 0.1) is 6.10 Å². The first-order valence-corrected chi connectivity index (χ1v) is 7.62. The molecule has 0 aliphatic heterocycles. The van der Waals surface area contributed by atoms with Gasteiger partial charge >= 0.3 is 0 Å². The van der Waals surface area contributed by atoms with E-state index in [9.17, 15) is 5.11 Å². The van der Waals surface area contributed by atoms with Gasteiger partial charge in [0.25, 0.3) is 0 Å². The maximum absolute atomic E-state index is 10.2.